The van der Waals surface area contributed by atoms with E-state index in [4.69, 9.17) is 16.4 Å². The van der Waals surface area contributed by atoms with Gasteiger partial charge in [-0.15, -0.1) is 6.42 Å². The molecule has 0 fully saturated rings. The Morgan fingerprint density at radius 1 is 1.19 bits per heavy atom. The Hall–Kier alpha value is -4.18. The Morgan fingerprint density at radius 2 is 1.92 bits per heavy atom. The molecule has 2 atom stereocenters. The van der Waals surface area contributed by atoms with E-state index in [0.717, 1.165) is 5.56 Å². The van der Waals surface area contributed by atoms with Crippen LogP contribution >= 0.6 is 0 Å². The maximum Gasteiger partial charge on any atom is 0.475 e. The van der Waals surface area contributed by atoms with Gasteiger partial charge in [0.15, 0.2) is 0 Å². The van der Waals surface area contributed by atoms with Crippen molar-refractivity contribution in [3.8, 4) is 24.2 Å². The van der Waals surface area contributed by atoms with E-state index in [9.17, 15) is 19.2 Å². The SMILES string of the molecule is C#CC(C#N)c1ccccn1.Cc1cc(OCCC(=O)NC(Cc2ccccc2)B(O)O)ccc1F. The van der Waals surface area contributed by atoms with Crippen LogP contribution in [0.4, 0.5) is 4.39 Å². The third-order valence-electron chi connectivity index (χ3n) is 5.01. The quantitative estimate of drug-likeness (QED) is 0.316. The summed E-state index contributed by atoms with van der Waals surface area (Å²) in [5, 5.41) is 30.1. The number of carbonyl (C=O) groups is 1. The van der Waals surface area contributed by atoms with E-state index in [1.807, 2.05) is 42.5 Å². The minimum Gasteiger partial charge on any atom is -0.493 e. The number of aromatic nitrogens is 1. The number of nitriles is 1. The normalized spacial score (nSPS) is 11.5. The lowest BCUT2D eigenvalue weighted by Crippen LogP contribution is -2.48. The van der Waals surface area contributed by atoms with Crippen LogP contribution in [0.3, 0.4) is 0 Å². The Bertz CT molecular complexity index is 1170. The Labute approximate surface area is 210 Å². The van der Waals surface area contributed by atoms with Crippen LogP contribution in [0.25, 0.3) is 0 Å². The molecule has 0 spiro atoms. The van der Waals surface area contributed by atoms with Crippen molar-refractivity contribution in [1.82, 2.24) is 10.3 Å². The number of nitrogens with zero attached hydrogens (tertiary/aromatic N) is 2. The number of hydrogen-bond donors (Lipinski definition) is 3. The van der Waals surface area contributed by atoms with Crippen molar-refractivity contribution in [3.05, 3.63) is 95.6 Å². The number of aryl methyl sites for hydroxylation is 1. The summed E-state index contributed by atoms with van der Waals surface area (Å²) in [5.41, 5.74) is 1.99. The van der Waals surface area contributed by atoms with Gasteiger partial charge in [0.1, 0.15) is 17.5 Å². The molecule has 0 aliphatic carbocycles. The number of terminal acetylenes is 1. The zero-order chi connectivity index (χ0) is 26.3. The van der Waals surface area contributed by atoms with Crippen LogP contribution < -0.4 is 10.1 Å². The van der Waals surface area contributed by atoms with Crippen LogP contribution in [0.2, 0.25) is 0 Å². The van der Waals surface area contributed by atoms with Gasteiger partial charge in [0.05, 0.1) is 30.7 Å². The minimum absolute atomic E-state index is 0.0500. The molecule has 9 heteroatoms. The molecule has 0 saturated carbocycles. The summed E-state index contributed by atoms with van der Waals surface area (Å²) in [6.45, 7) is 1.74. The summed E-state index contributed by atoms with van der Waals surface area (Å²) in [7, 11) is -1.66. The highest BCUT2D eigenvalue weighted by atomic mass is 19.1. The van der Waals surface area contributed by atoms with Crippen LogP contribution in [0, 0.1) is 36.4 Å². The summed E-state index contributed by atoms with van der Waals surface area (Å²) in [6, 6.07) is 20.9. The topological polar surface area (TPSA) is 115 Å². The molecule has 0 radical (unpaired) electrons. The molecule has 36 heavy (non-hydrogen) atoms. The van der Waals surface area contributed by atoms with E-state index < -0.39 is 19.0 Å². The highest BCUT2D eigenvalue weighted by Gasteiger charge is 2.25. The van der Waals surface area contributed by atoms with Crippen LogP contribution in [0.5, 0.6) is 5.75 Å². The molecule has 1 heterocycles. The molecule has 3 rings (SSSR count). The van der Waals surface area contributed by atoms with Crippen LogP contribution in [0.1, 0.15) is 29.2 Å². The van der Waals surface area contributed by atoms with Gasteiger partial charge < -0.3 is 20.1 Å². The number of carbonyl (C=O) groups excluding carboxylic acids is 1. The number of rotatable bonds is 9. The first kappa shape index (κ1) is 28.1. The monoisotopic (exact) mass is 487 g/mol. The third kappa shape index (κ3) is 9.59. The van der Waals surface area contributed by atoms with Gasteiger partial charge in [-0.05, 0) is 54.8 Å². The lowest BCUT2D eigenvalue weighted by atomic mass is 9.76. The summed E-state index contributed by atoms with van der Waals surface area (Å²) < 4.78 is 18.6. The average Bonchev–Trinajstić information content (AvgIpc) is 2.88. The highest BCUT2D eigenvalue weighted by molar-refractivity contribution is 6.43. The van der Waals surface area contributed by atoms with E-state index in [0.29, 0.717) is 23.4 Å². The van der Waals surface area contributed by atoms with Gasteiger partial charge >= 0.3 is 7.12 Å². The molecule has 184 valence electrons. The Kier molecular flexibility index (Phi) is 11.7. The maximum absolute atomic E-state index is 13.2. The summed E-state index contributed by atoms with van der Waals surface area (Å²) in [5.74, 6) is 0.837. The highest BCUT2D eigenvalue weighted by Crippen LogP contribution is 2.16. The Morgan fingerprint density at radius 3 is 2.50 bits per heavy atom. The number of halogens is 1. The Balaban J connectivity index is 0.000000346. The van der Waals surface area contributed by atoms with E-state index in [-0.39, 0.29) is 24.8 Å². The van der Waals surface area contributed by atoms with E-state index in [1.165, 1.54) is 12.1 Å². The molecule has 3 N–H and O–H groups in total. The van der Waals surface area contributed by atoms with Crippen molar-refractivity contribution >= 4 is 13.0 Å². The van der Waals surface area contributed by atoms with E-state index >= 15 is 0 Å². The van der Waals surface area contributed by atoms with Gasteiger partial charge in [0, 0.05) is 6.20 Å². The van der Waals surface area contributed by atoms with Gasteiger partial charge in [-0.1, -0.05) is 42.3 Å². The fraction of sp³-hybridized carbons (Fsp3) is 0.222. The van der Waals surface area contributed by atoms with E-state index in [1.54, 1.807) is 31.3 Å². The fourth-order valence-electron chi connectivity index (χ4n) is 3.08. The second-order valence-corrected chi connectivity index (χ2v) is 7.77. The maximum atomic E-state index is 13.2. The predicted octanol–water partition coefficient (Wildman–Crippen LogP) is 2.96. The first-order valence-electron chi connectivity index (χ1n) is 11.2. The smallest absolute Gasteiger partial charge is 0.475 e. The molecule has 0 bridgehead atoms. The predicted molar refractivity (Wildman–Crippen MR) is 135 cm³/mol. The second kappa shape index (κ2) is 15.0. The molecule has 3 aromatic rings. The average molecular weight is 487 g/mol. The van der Waals surface area contributed by atoms with Crippen molar-refractivity contribution in [1.29, 1.82) is 5.26 Å². The fourth-order valence-corrected chi connectivity index (χ4v) is 3.08. The van der Waals surface area contributed by atoms with Crippen molar-refractivity contribution in [2.75, 3.05) is 6.61 Å². The van der Waals surface area contributed by atoms with Crippen LogP contribution in [-0.4, -0.2) is 40.6 Å². The summed E-state index contributed by atoms with van der Waals surface area (Å²) in [4.78, 5) is 15.9. The van der Waals surface area contributed by atoms with Gasteiger partial charge in [0.25, 0.3) is 0 Å². The molecular weight excluding hydrogens is 460 g/mol. The number of benzene rings is 2. The zero-order valence-corrected chi connectivity index (χ0v) is 19.8. The minimum atomic E-state index is -1.66. The molecule has 0 aliphatic heterocycles. The van der Waals surface area contributed by atoms with Gasteiger partial charge in [-0.25, -0.2) is 4.39 Å². The largest absolute Gasteiger partial charge is 0.493 e. The molecular formula is C27H27BFN3O4. The molecule has 2 aromatic carbocycles. The van der Waals surface area contributed by atoms with Gasteiger partial charge in [0.2, 0.25) is 5.91 Å². The molecule has 1 amide bonds. The lowest BCUT2D eigenvalue weighted by molar-refractivity contribution is -0.122. The molecule has 0 saturated heterocycles. The number of ether oxygens (including phenoxy) is 1. The molecule has 1 aromatic heterocycles. The standard InChI is InChI=1S/C18H21BFNO4.C9H6N2/c1-13-11-15(7-8-16(13)20)25-10-9-18(22)21-17(19(23)24)12-14-5-3-2-4-6-14;1-2-8(7-10)9-5-3-4-6-11-9/h2-8,11,17,23-24H,9-10,12H2,1H3,(H,21,22);1,3-6,8H. The molecule has 2 unspecified atom stereocenters. The van der Waals surface area contributed by atoms with Gasteiger partial charge in [-0.3, -0.25) is 9.78 Å². The second-order valence-electron chi connectivity index (χ2n) is 7.77. The van der Waals surface area contributed by atoms with Crippen molar-refractivity contribution in [3.63, 3.8) is 0 Å². The summed E-state index contributed by atoms with van der Waals surface area (Å²) >= 11 is 0. The lowest BCUT2D eigenvalue weighted by Gasteiger charge is -2.18. The molecule has 0 aliphatic rings. The number of amides is 1. The summed E-state index contributed by atoms with van der Waals surface area (Å²) in [6.07, 6.45) is 7.08. The molecule has 7 nitrogen and oxygen atoms in total. The zero-order valence-electron chi connectivity index (χ0n) is 19.8. The first-order valence-corrected chi connectivity index (χ1v) is 11.2. The first-order chi connectivity index (χ1) is 17.3. The van der Waals surface area contributed by atoms with Crippen molar-refractivity contribution in [2.45, 2.75) is 31.6 Å². The number of hydrogen-bond acceptors (Lipinski definition) is 6. The van der Waals surface area contributed by atoms with Crippen LogP contribution in [0.15, 0.2) is 72.9 Å². The third-order valence-corrected chi connectivity index (χ3v) is 5.01. The number of pyridine rings is 1. The van der Waals surface area contributed by atoms with Crippen molar-refractivity contribution < 1.29 is 24.0 Å². The number of nitrogens with one attached hydrogen (secondary N) is 1. The van der Waals surface area contributed by atoms with Crippen molar-refractivity contribution in [2.24, 2.45) is 0 Å². The van der Waals surface area contributed by atoms with Gasteiger partial charge in [-0.2, -0.15) is 5.26 Å². The van der Waals surface area contributed by atoms with E-state index in [2.05, 4.69) is 16.2 Å². The van der Waals surface area contributed by atoms with Crippen LogP contribution in [-0.2, 0) is 11.2 Å².